The SMILES string of the molecule is C=C1CCC2C3CCC4=CC(=NOCCc5nc(CN(C)C)no5)CC[C@]4(C)C3CC[C@]12C. The molecule has 3 fully saturated rings. The molecule has 0 aliphatic heterocycles. The van der Waals surface area contributed by atoms with Crippen molar-refractivity contribution >= 4 is 5.71 Å². The van der Waals surface area contributed by atoms with Crippen LogP contribution in [-0.2, 0) is 17.8 Å². The van der Waals surface area contributed by atoms with E-state index in [-0.39, 0.29) is 0 Å². The normalized spacial score (nSPS) is 37.0. The number of hydrogen-bond donors (Lipinski definition) is 0. The number of hydrogen-bond acceptors (Lipinski definition) is 6. The molecule has 0 bridgehead atoms. The van der Waals surface area contributed by atoms with E-state index < -0.39 is 0 Å². The first-order chi connectivity index (χ1) is 15.8. The average Bonchev–Trinajstić information content (AvgIpc) is 3.34. The van der Waals surface area contributed by atoms with Crippen LogP contribution in [0.25, 0.3) is 0 Å². The summed E-state index contributed by atoms with van der Waals surface area (Å²) in [5, 5.41) is 8.49. The number of oxime groups is 1. The molecule has 4 aliphatic carbocycles. The fourth-order valence-corrected chi connectivity index (χ4v) is 7.55. The van der Waals surface area contributed by atoms with E-state index in [1.54, 1.807) is 5.57 Å². The number of nitrogens with zero attached hydrogens (tertiary/aromatic N) is 4. The molecule has 4 aliphatic rings. The van der Waals surface area contributed by atoms with Gasteiger partial charge in [-0.15, -0.1) is 0 Å². The molecule has 0 amide bonds. The predicted molar refractivity (Wildman–Crippen MR) is 130 cm³/mol. The predicted octanol–water partition coefficient (Wildman–Crippen LogP) is 5.57. The quantitative estimate of drug-likeness (QED) is 0.321. The molecule has 1 aromatic rings. The summed E-state index contributed by atoms with van der Waals surface area (Å²) >= 11 is 0. The summed E-state index contributed by atoms with van der Waals surface area (Å²) < 4.78 is 5.30. The van der Waals surface area contributed by atoms with Gasteiger partial charge >= 0.3 is 0 Å². The first-order valence-electron chi connectivity index (χ1n) is 12.8. The van der Waals surface area contributed by atoms with Gasteiger partial charge in [0.1, 0.15) is 6.61 Å². The van der Waals surface area contributed by atoms with Gasteiger partial charge in [0, 0.05) is 0 Å². The smallest absolute Gasteiger partial charge is 0.230 e. The van der Waals surface area contributed by atoms with Gasteiger partial charge in [-0.25, -0.2) is 0 Å². The Hall–Kier alpha value is -1.95. The second-order valence-electron chi connectivity index (χ2n) is 11.6. The van der Waals surface area contributed by atoms with Crippen LogP contribution in [0, 0.1) is 28.6 Å². The zero-order chi connectivity index (χ0) is 23.2. The van der Waals surface area contributed by atoms with Crippen molar-refractivity contribution in [1.29, 1.82) is 0 Å². The summed E-state index contributed by atoms with van der Waals surface area (Å²) in [5.74, 6) is 3.85. The van der Waals surface area contributed by atoms with E-state index in [0.717, 1.165) is 29.9 Å². The van der Waals surface area contributed by atoms with Crippen LogP contribution in [-0.4, -0.2) is 41.5 Å². The Kier molecular flexibility index (Phi) is 6.00. The minimum Gasteiger partial charge on any atom is -0.395 e. The van der Waals surface area contributed by atoms with Crippen molar-refractivity contribution in [1.82, 2.24) is 15.0 Å². The molecule has 6 heteroatoms. The summed E-state index contributed by atoms with van der Waals surface area (Å²) in [6.07, 6.45) is 13.0. The first kappa shape index (κ1) is 22.8. The number of allylic oxidation sites excluding steroid dienone is 3. The lowest BCUT2D eigenvalue weighted by Gasteiger charge is -2.57. The third kappa shape index (κ3) is 4.09. The van der Waals surface area contributed by atoms with Gasteiger partial charge in [0.2, 0.25) is 5.89 Å². The molecule has 3 saturated carbocycles. The average molecular weight is 453 g/mol. The molecule has 5 atom stereocenters. The van der Waals surface area contributed by atoms with Crippen molar-refractivity contribution in [3.05, 3.63) is 35.5 Å². The maximum absolute atomic E-state index is 5.66. The minimum atomic E-state index is 0.333. The molecule has 3 unspecified atom stereocenters. The lowest BCUT2D eigenvalue weighted by Crippen LogP contribution is -2.49. The highest BCUT2D eigenvalue weighted by molar-refractivity contribution is 5.96. The fraction of sp³-hybridized carbons (Fsp3) is 0.741. The molecule has 6 nitrogen and oxygen atoms in total. The van der Waals surface area contributed by atoms with Gasteiger partial charge in [0.25, 0.3) is 0 Å². The van der Waals surface area contributed by atoms with Crippen LogP contribution < -0.4 is 0 Å². The third-order valence-corrected chi connectivity index (χ3v) is 9.49. The highest BCUT2D eigenvalue weighted by Gasteiger charge is 2.57. The van der Waals surface area contributed by atoms with Gasteiger partial charge in [-0.2, -0.15) is 4.98 Å². The van der Waals surface area contributed by atoms with E-state index in [1.165, 1.54) is 50.5 Å². The van der Waals surface area contributed by atoms with Crippen molar-refractivity contribution in [2.75, 3.05) is 20.7 Å². The lowest BCUT2D eigenvalue weighted by atomic mass is 9.47. The van der Waals surface area contributed by atoms with Gasteiger partial charge in [0.05, 0.1) is 18.7 Å². The molecule has 5 rings (SSSR count). The Morgan fingerprint density at radius 2 is 1.94 bits per heavy atom. The van der Waals surface area contributed by atoms with Crippen LogP contribution in [0.2, 0.25) is 0 Å². The molecule has 1 aromatic heterocycles. The van der Waals surface area contributed by atoms with E-state index in [2.05, 4.69) is 41.8 Å². The largest absolute Gasteiger partial charge is 0.395 e. The van der Waals surface area contributed by atoms with E-state index >= 15 is 0 Å². The molecule has 33 heavy (non-hydrogen) atoms. The first-order valence-corrected chi connectivity index (χ1v) is 12.8. The van der Waals surface area contributed by atoms with Crippen LogP contribution in [0.4, 0.5) is 0 Å². The van der Waals surface area contributed by atoms with Crippen molar-refractivity contribution in [2.45, 2.75) is 78.2 Å². The summed E-state index contributed by atoms with van der Waals surface area (Å²) in [7, 11) is 3.98. The fourth-order valence-electron chi connectivity index (χ4n) is 7.55. The van der Waals surface area contributed by atoms with Gasteiger partial charge in [-0.1, -0.05) is 41.9 Å². The molecule has 0 aromatic carbocycles. The number of aromatic nitrogens is 2. The van der Waals surface area contributed by atoms with Gasteiger partial charge in [0.15, 0.2) is 5.82 Å². The summed E-state index contributed by atoms with van der Waals surface area (Å²) in [6, 6.07) is 0. The third-order valence-electron chi connectivity index (χ3n) is 9.49. The Morgan fingerprint density at radius 3 is 2.76 bits per heavy atom. The summed E-state index contributed by atoms with van der Waals surface area (Å²) in [6.45, 7) is 10.7. The van der Waals surface area contributed by atoms with Crippen molar-refractivity contribution < 1.29 is 9.36 Å². The van der Waals surface area contributed by atoms with E-state index in [1.807, 2.05) is 19.0 Å². The molecule has 0 spiro atoms. The van der Waals surface area contributed by atoms with Crippen LogP contribution in [0.15, 0.2) is 33.5 Å². The zero-order valence-electron chi connectivity index (χ0n) is 20.9. The van der Waals surface area contributed by atoms with E-state index in [4.69, 9.17) is 9.36 Å². The van der Waals surface area contributed by atoms with Crippen molar-refractivity contribution in [3.63, 3.8) is 0 Å². The van der Waals surface area contributed by atoms with Gasteiger partial charge < -0.3 is 14.3 Å². The van der Waals surface area contributed by atoms with Crippen molar-refractivity contribution in [2.24, 2.45) is 33.7 Å². The lowest BCUT2D eigenvalue weighted by molar-refractivity contribution is -0.0226. The molecular formula is C27H40N4O2. The van der Waals surface area contributed by atoms with E-state index in [9.17, 15) is 0 Å². The van der Waals surface area contributed by atoms with Crippen LogP contribution in [0.1, 0.15) is 76.9 Å². The maximum atomic E-state index is 5.66. The molecule has 0 N–H and O–H groups in total. The number of fused-ring (bicyclic) bond motifs is 5. The maximum Gasteiger partial charge on any atom is 0.230 e. The standard InChI is InChI=1S/C27H40N4O2/c1-18-6-9-22-21-8-7-19-16-20(10-13-27(19,3)23(21)11-14-26(18,22)2)29-32-15-12-25-28-24(30-33-25)17-31(4)5/h16,21-23H,1,6-15,17H2,2-5H3/t21?,22?,23?,26-,27+/m1/s1. The van der Waals surface area contributed by atoms with Crippen molar-refractivity contribution in [3.8, 4) is 0 Å². The molecule has 0 radical (unpaired) electrons. The molecule has 0 saturated heterocycles. The monoisotopic (exact) mass is 452 g/mol. The van der Waals surface area contributed by atoms with Crippen LogP contribution in [0.3, 0.4) is 0 Å². The summed E-state index contributed by atoms with van der Waals surface area (Å²) in [4.78, 5) is 12.1. The second-order valence-corrected chi connectivity index (χ2v) is 11.6. The van der Waals surface area contributed by atoms with Gasteiger partial charge in [-0.05, 0) is 100 Å². The minimum absolute atomic E-state index is 0.333. The topological polar surface area (TPSA) is 63.8 Å². The van der Waals surface area contributed by atoms with Crippen LogP contribution >= 0.6 is 0 Å². The summed E-state index contributed by atoms with van der Waals surface area (Å²) in [5.41, 5.74) is 4.97. The highest BCUT2D eigenvalue weighted by atomic mass is 16.6. The number of rotatable bonds is 6. The Bertz CT molecular complexity index is 963. The highest BCUT2D eigenvalue weighted by Crippen LogP contribution is 2.66. The molecule has 180 valence electrons. The van der Waals surface area contributed by atoms with Gasteiger partial charge in [-0.3, -0.25) is 0 Å². The Labute approximate surface area is 198 Å². The Balaban J connectivity index is 1.20. The van der Waals surface area contributed by atoms with E-state index in [0.29, 0.717) is 42.1 Å². The molecule has 1 heterocycles. The zero-order valence-corrected chi connectivity index (χ0v) is 20.9. The molecular weight excluding hydrogens is 412 g/mol. The second kappa shape index (κ2) is 8.68. The van der Waals surface area contributed by atoms with Crippen LogP contribution in [0.5, 0.6) is 0 Å². The Morgan fingerprint density at radius 1 is 1.12 bits per heavy atom.